The molecule has 0 bridgehead atoms. The van der Waals surface area contributed by atoms with Crippen LogP contribution in [-0.2, 0) is 33.3 Å². The summed E-state index contributed by atoms with van der Waals surface area (Å²) in [6, 6.07) is 8.76. The molecule has 1 saturated heterocycles. The number of hydrogen-bond donors (Lipinski definition) is 0. The van der Waals surface area contributed by atoms with Crippen molar-refractivity contribution in [2.75, 3.05) is 6.61 Å². The van der Waals surface area contributed by atoms with Crippen molar-refractivity contribution in [3.05, 3.63) is 30.3 Å². The molecule has 0 aromatic heterocycles. The van der Waals surface area contributed by atoms with Gasteiger partial charge in [-0.1, -0.05) is 18.2 Å². The van der Waals surface area contributed by atoms with Gasteiger partial charge in [-0.05, 0) is 12.1 Å². The molecule has 1 aromatic rings. The Balaban J connectivity index is 2.25. The topological polar surface area (TPSA) is 97.4 Å². The van der Waals surface area contributed by atoms with Gasteiger partial charge in [-0.25, -0.2) is 0 Å². The Morgan fingerprint density at radius 1 is 0.880 bits per heavy atom. The van der Waals surface area contributed by atoms with Crippen LogP contribution in [0.3, 0.4) is 0 Å². The lowest BCUT2D eigenvalue weighted by Gasteiger charge is -2.40. The predicted molar refractivity (Wildman–Crippen MR) is 83.5 cm³/mol. The third-order valence-electron chi connectivity index (χ3n) is 3.30. The minimum absolute atomic E-state index is 0.0766. The molecule has 8 heteroatoms. The van der Waals surface area contributed by atoms with Crippen LogP contribution in [0.5, 0.6) is 5.75 Å². The molecular formula is C17H20O8. The van der Waals surface area contributed by atoms with E-state index in [2.05, 4.69) is 0 Å². The van der Waals surface area contributed by atoms with Gasteiger partial charge in [-0.2, -0.15) is 0 Å². The van der Waals surface area contributed by atoms with Crippen molar-refractivity contribution in [2.45, 2.75) is 45.4 Å². The second kappa shape index (κ2) is 8.48. The lowest BCUT2D eigenvalue weighted by molar-refractivity contribution is -0.259. The Morgan fingerprint density at radius 2 is 1.44 bits per heavy atom. The molecule has 0 saturated carbocycles. The molecule has 25 heavy (non-hydrogen) atoms. The Labute approximate surface area is 144 Å². The van der Waals surface area contributed by atoms with Crippen LogP contribution < -0.4 is 4.74 Å². The minimum atomic E-state index is -1.10. The molecule has 2 rings (SSSR count). The maximum atomic E-state index is 11.5. The summed E-state index contributed by atoms with van der Waals surface area (Å²) >= 11 is 0. The van der Waals surface area contributed by atoms with Crippen LogP contribution in [0.15, 0.2) is 30.3 Å². The third-order valence-corrected chi connectivity index (χ3v) is 3.30. The molecule has 1 heterocycles. The highest BCUT2D eigenvalue weighted by atomic mass is 16.7. The number of ether oxygens (including phenoxy) is 5. The van der Waals surface area contributed by atoms with Gasteiger partial charge >= 0.3 is 17.9 Å². The highest BCUT2D eigenvalue weighted by Crippen LogP contribution is 2.26. The number of rotatable bonds is 5. The van der Waals surface area contributed by atoms with Crippen LogP contribution in [0.25, 0.3) is 0 Å². The predicted octanol–water partition coefficient (Wildman–Crippen LogP) is 1.22. The Hall–Kier alpha value is -2.61. The summed E-state index contributed by atoms with van der Waals surface area (Å²) in [5, 5.41) is 0. The van der Waals surface area contributed by atoms with Gasteiger partial charge in [0.1, 0.15) is 5.75 Å². The van der Waals surface area contributed by atoms with Crippen molar-refractivity contribution in [3.8, 4) is 5.75 Å². The normalized spacial score (nSPS) is 25.6. The summed E-state index contributed by atoms with van der Waals surface area (Å²) in [6.45, 7) is 3.56. The average molecular weight is 352 g/mol. The zero-order valence-electron chi connectivity index (χ0n) is 14.2. The van der Waals surface area contributed by atoms with Gasteiger partial charge < -0.3 is 23.7 Å². The SMILES string of the molecule is CC(=O)O[C@@H]1[C@@H](Oc2ccccc2)OC[C@@H](OC(C)=O)[C@H]1OC(C)=O. The molecule has 1 fully saturated rings. The van der Waals surface area contributed by atoms with Crippen LogP contribution in [0.1, 0.15) is 20.8 Å². The van der Waals surface area contributed by atoms with Gasteiger partial charge in [0.05, 0.1) is 6.61 Å². The molecule has 0 unspecified atom stereocenters. The van der Waals surface area contributed by atoms with Crippen LogP contribution >= 0.6 is 0 Å². The monoisotopic (exact) mass is 352 g/mol. The standard InChI is InChI=1S/C17H20O8/c1-10(18)22-14-9-21-17(25-13-7-5-4-6-8-13)16(24-12(3)20)15(14)23-11(2)19/h4-8,14-17H,9H2,1-3H3/t14-,15-,16+,17-/m1/s1. The van der Waals surface area contributed by atoms with Crippen LogP contribution in [0.2, 0.25) is 0 Å². The maximum absolute atomic E-state index is 11.5. The highest BCUT2D eigenvalue weighted by molar-refractivity contribution is 5.68. The van der Waals surface area contributed by atoms with E-state index >= 15 is 0 Å². The first-order chi connectivity index (χ1) is 11.9. The fourth-order valence-corrected chi connectivity index (χ4v) is 2.44. The number of esters is 3. The number of para-hydroxylation sites is 1. The van der Waals surface area contributed by atoms with Gasteiger partial charge in [-0.3, -0.25) is 14.4 Å². The van der Waals surface area contributed by atoms with Crippen LogP contribution in [0, 0.1) is 0 Å². The first-order valence-electron chi connectivity index (χ1n) is 7.71. The molecule has 1 aromatic carbocycles. The molecule has 0 N–H and O–H groups in total. The van der Waals surface area contributed by atoms with Crippen molar-refractivity contribution >= 4 is 17.9 Å². The van der Waals surface area contributed by atoms with Crippen molar-refractivity contribution < 1.29 is 38.1 Å². The second-order valence-corrected chi connectivity index (χ2v) is 5.43. The lowest BCUT2D eigenvalue weighted by Crippen LogP contribution is -2.59. The van der Waals surface area contributed by atoms with Gasteiger partial charge in [-0.15, -0.1) is 0 Å². The van der Waals surface area contributed by atoms with Crippen molar-refractivity contribution in [2.24, 2.45) is 0 Å². The van der Waals surface area contributed by atoms with Gasteiger partial charge in [0.15, 0.2) is 12.2 Å². The molecule has 0 spiro atoms. The van der Waals surface area contributed by atoms with Gasteiger partial charge in [0, 0.05) is 20.8 Å². The summed E-state index contributed by atoms with van der Waals surface area (Å²) in [4.78, 5) is 34.2. The number of hydrogen-bond acceptors (Lipinski definition) is 8. The quantitative estimate of drug-likeness (QED) is 0.576. The van der Waals surface area contributed by atoms with E-state index in [0.29, 0.717) is 5.75 Å². The zero-order valence-corrected chi connectivity index (χ0v) is 14.2. The summed E-state index contributed by atoms with van der Waals surface area (Å²) in [7, 11) is 0. The molecule has 136 valence electrons. The molecule has 4 atom stereocenters. The van der Waals surface area contributed by atoms with Crippen LogP contribution in [0.4, 0.5) is 0 Å². The second-order valence-electron chi connectivity index (χ2n) is 5.43. The largest absolute Gasteiger partial charge is 0.461 e. The Bertz CT molecular complexity index is 614. The molecule has 1 aliphatic rings. The van der Waals surface area contributed by atoms with Crippen molar-refractivity contribution in [1.29, 1.82) is 0 Å². The van der Waals surface area contributed by atoms with E-state index in [4.69, 9.17) is 23.7 Å². The van der Waals surface area contributed by atoms with Crippen molar-refractivity contribution in [3.63, 3.8) is 0 Å². The molecule has 0 radical (unpaired) electrons. The van der Waals surface area contributed by atoms with E-state index in [0.717, 1.165) is 0 Å². The van der Waals surface area contributed by atoms with Crippen LogP contribution in [-0.4, -0.2) is 49.1 Å². The fourth-order valence-electron chi connectivity index (χ4n) is 2.44. The number of carbonyl (C=O) groups is 3. The van der Waals surface area contributed by atoms with Crippen molar-refractivity contribution in [1.82, 2.24) is 0 Å². The number of benzene rings is 1. The van der Waals surface area contributed by atoms with Gasteiger partial charge in [0.2, 0.25) is 12.4 Å². The average Bonchev–Trinajstić information content (AvgIpc) is 2.52. The molecule has 0 aliphatic carbocycles. The highest BCUT2D eigenvalue weighted by Gasteiger charge is 2.48. The lowest BCUT2D eigenvalue weighted by atomic mass is 10.0. The zero-order chi connectivity index (χ0) is 18.4. The van der Waals surface area contributed by atoms with E-state index < -0.39 is 42.5 Å². The summed E-state index contributed by atoms with van der Waals surface area (Å²) in [6.07, 6.45) is -4.09. The molecule has 0 amide bonds. The van der Waals surface area contributed by atoms with E-state index in [1.165, 1.54) is 20.8 Å². The first kappa shape index (κ1) is 18.7. The summed E-state index contributed by atoms with van der Waals surface area (Å²) in [5.74, 6) is -1.32. The van der Waals surface area contributed by atoms with E-state index in [1.807, 2.05) is 6.07 Å². The van der Waals surface area contributed by atoms with E-state index in [-0.39, 0.29) is 6.61 Å². The molecule has 1 aliphatic heterocycles. The number of carbonyl (C=O) groups excluding carboxylic acids is 3. The third kappa shape index (κ3) is 5.46. The summed E-state index contributed by atoms with van der Waals surface area (Å²) in [5.41, 5.74) is 0. The van der Waals surface area contributed by atoms with E-state index in [9.17, 15) is 14.4 Å². The fraction of sp³-hybridized carbons (Fsp3) is 0.471. The minimum Gasteiger partial charge on any atom is -0.461 e. The molecular weight excluding hydrogens is 332 g/mol. The van der Waals surface area contributed by atoms with Gasteiger partial charge in [0.25, 0.3) is 0 Å². The molecule has 8 nitrogen and oxygen atoms in total. The Kier molecular flexibility index (Phi) is 6.35. The first-order valence-corrected chi connectivity index (χ1v) is 7.71. The summed E-state index contributed by atoms with van der Waals surface area (Å²) < 4.78 is 26.9. The van der Waals surface area contributed by atoms with E-state index in [1.54, 1.807) is 24.3 Å². The Morgan fingerprint density at radius 3 is 2.00 bits per heavy atom. The maximum Gasteiger partial charge on any atom is 0.303 e. The smallest absolute Gasteiger partial charge is 0.303 e.